The van der Waals surface area contributed by atoms with Crippen LogP contribution in [0.2, 0.25) is 0 Å². The minimum atomic E-state index is -0.184. The van der Waals surface area contributed by atoms with Gasteiger partial charge >= 0.3 is 6.03 Å². The van der Waals surface area contributed by atoms with Gasteiger partial charge in [0.15, 0.2) is 6.67 Å². The SMILES string of the molecule is CCOc1ccc(NC(=O)N2CCC[NH+](Cc3ccccc3F)C2)cc1. The third kappa shape index (κ3) is 4.73. The average molecular weight is 358 g/mol. The van der Waals surface area contributed by atoms with E-state index in [9.17, 15) is 9.18 Å². The Balaban J connectivity index is 1.56. The summed E-state index contributed by atoms with van der Waals surface area (Å²) in [6.45, 7) is 5.34. The van der Waals surface area contributed by atoms with Crippen molar-refractivity contribution in [3.05, 3.63) is 59.9 Å². The molecular formula is C20H25FN3O2+. The highest BCUT2D eigenvalue weighted by Gasteiger charge is 2.25. The maximum absolute atomic E-state index is 13.9. The van der Waals surface area contributed by atoms with Gasteiger partial charge in [-0.25, -0.2) is 9.18 Å². The van der Waals surface area contributed by atoms with Crippen LogP contribution in [0, 0.1) is 5.82 Å². The van der Waals surface area contributed by atoms with Gasteiger partial charge in [0.05, 0.1) is 13.2 Å². The van der Waals surface area contributed by atoms with Gasteiger partial charge in [-0.05, 0) is 37.3 Å². The van der Waals surface area contributed by atoms with Gasteiger partial charge in [0, 0.05) is 24.2 Å². The first-order chi connectivity index (χ1) is 12.7. The summed E-state index contributed by atoms with van der Waals surface area (Å²) in [6, 6.07) is 14.0. The number of quaternary nitrogens is 1. The highest BCUT2D eigenvalue weighted by atomic mass is 19.1. The van der Waals surface area contributed by atoms with E-state index in [4.69, 9.17) is 4.74 Å². The lowest BCUT2D eigenvalue weighted by molar-refractivity contribution is -0.927. The maximum Gasteiger partial charge on any atom is 0.326 e. The molecule has 0 aliphatic carbocycles. The maximum atomic E-state index is 13.9. The number of benzene rings is 2. The van der Waals surface area contributed by atoms with Crippen LogP contribution in [0.4, 0.5) is 14.9 Å². The number of anilines is 1. The fourth-order valence-corrected chi connectivity index (χ4v) is 3.18. The zero-order valence-corrected chi connectivity index (χ0v) is 15.0. The number of nitrogens with one attached hydrogen (secondary N) is 2. The Kier molecular flexibility index (Phi) is 6.07. The summed E-state index contributed by atoms with van der Waals surface area (Å²) in [5, 5.41) is 2.92. The predicted octanol–water partition coefficient (Wildman–Crippen LogP) is 2.50. The Labute approximate surface area is 153 Å². The molecule has 0 bridgehead atoms. The molecule has 2 aromatic rings. The zero-order valence-electron chi connectivity index (χ0n) is 15.0. The van der Waals surface area contributed by atoms with Crippen molar-refractivity contribution in [3.63, 3.8) is 0 Å². The molecule has 1 unspecified atom stereocenters. The van der Waals surface area contributed by atoms with Crippen LogP contribution >= 0.6 is 0 Å². The van der Waals surface area contributed by atoms with Gasteiger partial charge in [0.2, 0.25) is 0 Å². The van der Waals surface area contributed by atoms with E-state index in [-0.39, 0.29) is 11.8 Å². The Bertz CT molecular complexity index is 736. The van der Waals surface area contributed by atoms with Gasteiger partial charge in [-0.3, -0.25) is 4.90 Å². The van der Waals surface area contributed by atoms with Crippen LogP contribution in [0.5, 0.6) is 5.75 Å². The summed E-state index contributed by atoms with van der Waals surface area (Å²) >= 11 is 0. The molecule has 1 aliphatic rings. The standard InChI is InChI=1S/C20H24FN3O2/c1-2-26-18-10-8-17(9-11-18)22-20(25)24-13-5-12-23(15-24)14-16-6-3-4-7-19(16)21/h3-4,6-11H,2,5,12-15H2,1H3,(H,22,25)/p+1. The number of hydrogen-bond donors (Lipinski definition) is 2. The number of carbonyl (C=O) groups is 1. The number of urea groups is 1. The molecule has 1 fully saturated rings. The summed E-state index contributed by atoms with van der Waals surface area (Å²) in [4.78, 5) is 15.5. The molecule has 6 heteroatoms. The molecule has 1 saturated heterocycles. The van der Waals surface area contributed by atoms with Crippen LogP contribution in [0.15, 0.2) is 48.5 Å². The first-order valence-corrected chi connectivity index (χ1v) is 9.01. The summed E-state index contributed by atoms with van der Waals surface area (Å²) < 4.78 is 19.3. The molecule has 0 saturated carbocycles. The highest BCUT2D eigenvalue weighted by Crippen LogP contribution is 2.16. The topological polar surface area (TPSA) is 46.0 Å². The van der Waals surface area contributed by atoms with Crippen molar-refractivity contribution in [1.29, 1.82) is 0 Å². The molecule has 0 radical (unpaired) electrons. The van der Waals surface area contributed by atoms with Gasteiger partial charge in [-0.1, -0.05) is 18.2 Å². The van der Waals surface area contributed by atoms with Crippen LogP contribution in [-0.4, -0.2) is 37.3 Å². The first kappa shape index (κ1) is 18.2. The van der Waals surface area contributed by atoms with Crippen molar-refractivity contribution >= 4 is 11.7 Å². The fraction of sp³-hybridized carbons (Fsp3) is 0.350. The number of ether oxygens (including phenoxy) is 1. The minimum absolute atomic E-state index is 0.125. The van der Waals surface area contributed by atoms with Crippen molar-refractivity contribution in [2.75, 3.05) is 31.7 Å². The molecule has 1 heterocycles. The predicted molar refractivity (Wildman–Crippen MR) is 98.8 cm³/mol. The molecular weight excluding hydrogens is 333 g/mol. The molecule has 2 aromatic carbocycles. The van der Waals surface area contributed by atoms with Crippen molar-refractivity contribution < 1.29 is 18.8 Å². The highest BCUT2D eigenvalue weighted by molar-refractivity contribution is 5.89. The minimum Gasteiger partial charge on any atom is -0.494 e. The van der Waals surface area contributed by atoms with Gasteiger partial charge in [0.1, 0.15) is 18.1 Å². The summed E-state index contributed by atoms with van der Waals surface area (Å²) in [6.07, 6.45) is 0.903. The second-order valence-corrected chi connectivity index (χ2v) is 6.43. The Morgan fingerprint density at radius 2 is 2.00 bits per heavy atom. The molecule has 1 atom stereocenters. The van der Waals surface area contributed by atoms with E-state index in [0.717, 1.165) is 24.4 Å². The van der Waals surface area contributed by atoms with Crippen LogP contribution < -0.4 is 15.0 Å². The zero-order chi connectivity index (χ0) is 18.4. The lowest BCUT2D eigenvalue weighted by atomic mass is 10.2. The van der Waals surface area contributed by atoms with Gasteiger partial charge < -0.3 is 15.0 Å². The van der Waals surface area contributed by atoms with E-state index in [0.29, 0.717) is 31.9 Å². The van der Waals surface area contributed by atoms with Crippen molar-refractivity contribution in [2.45, 2.75) is 19.9 Å². The van der Waals surface area contributed by atoms with Gasteiger partial charge in [-0.2, -0.15) is 0 Å². The molecule has 138 valence electrons. The molecule has 2 amide bonds. The van der Waals surface area contributed by atoms with Crippen LogP contribution in [-0.2, 0) is 6.54 Å². The van der Waals surface area contributed by atoms with Crippen LogP contribution in [0.25, 0.3) is 0 Å². The summed E-state index contributed by atoms with van der Waals surface area (Å²) in [7, 11) is 0. The van der Waals surface area contributed by atoms with Gasteiger partial charge in [-0.15, -0.1) is 0 Å². The average Bonchev–Trinajstić information content (AvgIpc) is 2.66. The Morgan fingerprint density at radius 3 is 2.73 bits per heavy atom. The molecule has 26 heavy (non-hydrogen) atoms. The smallest absolute Gasteiger partial charge is 0.326 e. The van der Waals surface area contributed by atoms with Crippen molar-refractivity contribution in [3.8, 4) is 5.75 Å². The normalized spacial score (nSPS) is 17.0. The number of rotatable bonds is 5. The second-order valence-electron chi connectivity index (χ2n) is 6.43. The van der Waals surface area contributed by atoms with Crippen LogP contribution in [0.3, 0.4) is 0 Å². The molecule has 3 rings (SSSR count). The van der Waals surface area contributed by atoms with Crippen LogP contribution in [0.1, 0.15) is 18.9 Å². The number of amides is 2. The van der Waals surface area contributed by atoms with E-state index >= 15 is 0 Å². The first-order valence-electron chi connectivity index (χ1n) is 9.01. The lowest BCUT2D eigenvalue weighted by Crippen LogP contribution is -3.13. The molecule has 2 N–H and O–H groups in total. The molecule has 0 aromatic heterocycles. The lowest BCUT2D eigenvalue weighted by Gasteiger charge is -2.32. The molecule has 1 aliphatic heterocycles. The van der Waals surface area contributed by atoms with Crippen molar-refractivity contribution in [1.82, 2.24) is 4.90 Å². The van der Waals surface area contributed by atoms with E-state index in [1.165, 1.54) is 11.0 Å². The van der Waals surface area contributed by atoms with Crippen molar-refractivity contribution in [2.24, 2.45) is 0 Å². The Morgan fingerprint density at radius 1 is 1.23 bits per heavy atom. The third-order valence-electron chi connectivity index (χ3n) is 4.47. The number of hydrogen-bond acceptors (Lipinski definition) is 2. The molecule has 0 spiro atoms. The van der Waals surface area contributed by atoms with E-state index < -0.39 is 0 Å². The Hall–Kier alpha value is -2.60. The fourth-order valence-electron chi connectivity index (χ4n) is 3.18. The van der Waals surface area contributed by atoms with Gasteiger partial charge in [0.25, 0.3) is 0 Å². The van der Waals surface area contributed by atoms with E-state index in [1.54, 1.807) is 17.0 Å². The van der Waals surface area contributed by atoms with E-state index in [1.807, 2.05) is 37.3 Å². The summed E-state index contributed by atoms with van der Waals surface area (Å²) in [5.41, 5.74) is 1.43. The number of halogens is 1. The monoisotopic (exact) mass is 358 g/mol. The molecule has 5 nitrogen and oxygen atoms in total. The number of carbonyl (C=O) groups excluding carboxylic acids is 1. The quantitative estimate of drug-likeness (QED) is 0.863. The summed E-state index contributed by atoms with van der Waals surface area (Å²) in [5.74, 6) is 0.597. The second kappa shape index (κ2) is 8.67. The number of nitrogens with zero attached hydrogens (tertiary/aromatic N) is 1. The third-order valence-corrected chi connectivity index (χ3v) is 4.47. The largest absolute Gasteiger partial charge is 0.494 e. The van der Waals surface area contributed by atoms with E-state index in [2.05, 4.69) is 5.32 Å².